The van der Waals surface area contributed by atoms with E-state index < -0.39 is 11.7 Å². The largest absolute Gasteiger partial charge is 0.486 e. The van der Waals surface area contributed by atoms with E-state index in [0.717, 1.165) is 17.8 Å². The SMILES string of the molecule is CCCNC(=O)c1ccc(OCc2nnc(C(=O)Nc3ccccc3F)s2)cc1. The second kappa shape index (κ2) is 9.74. The van der Waals surface area contributed by atoms with Gasteiger partial charge >= 0.3 is 0 Å². The Morgan fingerprint density at radius 1 is 1.07 bits per heavy atom. The summed E-state index contributed by atoms with van der Waals surface area (Å²) in [5.41, 5.74) is 0.627. The van der Waals surface area contributed by atoms with E-state index in [4.69, 9.17) is 4.74 Å². The van der Waals surface area contributed by atoms with Gasteiger partial charge in [0.2, 0.25) is 5.01 Å². The van der Waals surface area contributed by atoms with Crippen molar-refractivity contribution in [3.05, 3.63) is 69.9 Å². The molecular weight excluding hydrogens is 395 g/mol. The number of halogens is 1. The molecule has 29 heavy (non-hydrogen) atoms. The van der Waals surface area contributed by atoms with Gasteiger partial charge in [0, 0.05) is 12.1 Å². The first kappa shape index (κ1) is 20.4. The fourth-order valence-electron chi connectivity index (χ4n) is 2.33. The predicted octanol–water partition coefficient (Wildman–Crippen LogP) is 3.65. The molecule has 0 bridgehead atoms. The molecule has 9 heteroatoms. The van der Waals surface area contributed by atoms with Crippen LogP contribution in [-0.2, 0) is 6.61 Å². The van der Waals surface area contributed by atoms with E-state index in [1.54, 1.807) is 30.3 Å². The van der Waals surface area contributed by atoms with Gasteiger partial charge in [-0.2, -0.15) is 0 Å². The smallest absolute Gasteiger partial charge is 0.286 e. The summed E-state index contributed by atoms with van der Waals surface area (Å²) < 4.78 is 19.2. The number of nitrogens with zero attached hydrogens (tertiary/aromatic N) is 2. The van der Waals surface area contributed by atoms with Crippen LogP contribution in [0.3, 0.4) is 0 Å². The number of carbonyl (C=O) groups is 2. The Morgan fingerprint density at radius 2 is 1.83 bits per heavy atom. The summed E-state index contributed by atoms with van der Waals surface area (Å²) in [6, 6.07) is 12.6. The van der Waals surface area contributed by atoms with Crippen LogP contribution in [0.5, 0.6) is 5.75 Å². The van der Waals surface area contributed by atoms with Gasteiger partial charge in [0.15, 0.2) is 5.01 Å². The zero-order chi connectivity index (χ0) is 20.6. The number of benzene rings is 2. The number of para-hydroxylation sites is 1. The monoisotopic (exact) mass is 414 g/mol. The molecule has 2 amide bonds. The molecule has 0 fully saturated rings. The van der Waals surface area contributed by atoms with Crippen molar-refractivity contribution < 1.29 is 18.7 Å². The number of nitrogens with one attached hydrogen (secondary N) is 2. The lowest BCUT2D eigenvalue weighted by atomic mass is 10.2. The number of ether oxygens (including phenoxy) is 1. The molecule has 2 aromatic carbocycles. The summed E-state index contributed by atoms with van der Waals surface area (Å²) in [5.74, 6) is -0.639. The highest BCUT2D eigenvalue weighted by Gasteiger charge is 2.15. The quantitative estimate of drug-likeness (QED) is 0.587. The summed E-state index contributed by atoms with van der Waals surface area (Å²) in [7, 11) is 0. The van der Waals surface area contributed by atoms with E-state index in [1.165, 1.54) is 18.2 Å². The fourth-order valence-corrected chi connectivity index (χ4v) is 2.98. The Hall–Kier alpha value is -3.33. The summed E-state index contributed by atoms with van der Waals surface area (Å²) in [6.45, 7) is 2.73. The van der Waals surface area contributed by atoms with E-state index >= 15 is 0 Å². The van der Waals surface area contributed by atoms with Gasteiger partial charge in [-0.15, -0.1) is 10.2 Å². The van der Waals surface area contributed by atoms with Crippen LogP contribution in [0.1, 0.15) is 38.5 Å². The van der Waals surface area contributed by atoms with Gasteiger partial charge in [-0.3, -0.25) is 9.59 Å². The second-order valence-electron chi connectivity index (χ2n) is 6.00. The Labute approximate surface area is 170 Å². The van der Waals surface area contributed by atoms with Crippen molar-refractivity contribution in [2.24, 2.45) is 0 Å². The third-order valence-corrected chi connectivity index (χ3v) is 4.69. The van der Waals surface area contributed by atoms with Crippen LogP contribution in [0.4, 0.5) is 10.1 Å². The molecule has 0 aliphatic carbocycles. The summed E-state index contributed by atoms with van der Waals surface area (Å²) in [6.07, 6.45) is 0.870. The van der Waals surface area contributed by atoms with Gasteiger partial charge in [0.25, 0.3) is 11.8 Å². The first-order chi connectivity index (χ1) is 14.1. The number of hydrogen-bond acceptors (Lipinski definition) is 6. The van der Waals surface area contributed by atoms with Gasteiger partial charge in [-0.1, -0.05) is 30.4 Å². The Bertz CT molecular complexity index is 991. The van der Waals surface area contributed by atoms with Crippen molar-refractivity contribution >= 4 is 28.8 Å². The maximum absolute atomic E-state index is 13.6. The number of amides is 2. The van der Waals surface area contributed by atoms with Crippen molar-refractivity contribution in [2.75, 3.05) is 11.9 Å². The first-order valence-electron chi connectivity index (χ1n) is 8.96. The van der Waals surface area contributed by atoms with Gasteiger partial charge in [-0.05, 0) is 42.8 Å². The van der Waals surface area contributed by atoms with Gasteiger partial charge in [0.05, 0.1) is 5.69 Å². The van der Waals surface area contributed by atoms with E-state index in [1.807, 2.05) is 6.92 Å². The van der Waals surface area contributed by atoms with Crippen LogP contribution in [0, 0.1) is 5.82 Å². The van der Waals surface area contributed by atoms with Crippen LogP contribution in [0.25, 0.3) is 0 Å². The maximum Gasteiger partial charge on any atom is 0.286 e. The van der Waals surface area contributed by atoms with Crippen LogP contribution in [0.2, 0.25) is 0 Å². The lowest BCUT2D eigenvalue weighted by Gasteiger charge is -2.06. The molecule has 0 atom stereocenters. The van der Waals surface area contributed by atoms with Crippen molar-refractivity contribution in [2.45, 2.75) is 20.0 Å². The summed E-state index contributed by atoms with van der Waals surface area (Å²) in [4.78, 5) is 24.1. The lowest BCUT2D eigenvalue weighted by Crippen LogP contribution is -2.23. The maximum atomic E-state index is 13.6. The molecule has 2 N–H and O–H groups in total. The second-order valence-corrected chi connectivity index (χ2v) is 7.07. The highest BCUT2D eigenvalue weighted by atomic mass is 32.1. The number of rotatable bonds is 8. The van der Waals surface area contributed by atoms with E-state index in [9.17, 15) is 14.0 Å². The molecule has 0 saturated heterocycles. The lowest BCUT2D eigenvalue weighted by molar-refractivity contribution is 0.0952. The minimum absolute atomic E-state index is 0.0774. The van der Waals surface area contributed by atoms with Crippen molar-refractivity contribution in [1.82, 2.24) is 15.5 Å². The minimum atomic E-state index is -0.540. The average molecular weight is 414 g/mol. The zero-order valence-corrected chi connectivity index (χ0v) is 16.5. The first-order valence-corrected chi connectivity index (χ1v) is 9.77. The Morgan fingerprint density at radius 3 is 2.55 bits per heavy atom. The number of hydrogen-bond donors (Lipinski definition) is 2. The molecule has 0 aliphatic rings. The molecule has 1 heterocycles. The molecular formula is C20H19FN4O3S. The summed E-state index contributed by atoms with van der Waals surface area (Å²) >= 11 is 1.06. The number of carbonyl (C=O) groups excluding carboxylic acids is 2. The van der Waals surface area contributed by atoms with Crippen molar-refractivity contribution in [3.63, 3.8) is 0 Å². The van der Waals surface area contributed by atoms with Crippen LogP contribution >= 0.6 is 11.3 Å². The van der Waals surface area contributed by atoms with Crippen LogP contribution in [-0.4, -0.2) is 28.6 Å². The van der Waals surface area contributed by atoms with Gasteiger partial charge in [0.1, 0.15) is 18.2 Å². The third-order valence-electron chi connectivity index (χ3n) is 3.80. The topological polar surface area (TPSA) is 93.2 Å². The van der Waals surface area contributed by atoms with Crippen LogP contribution in [0.15, 0.2) is 48.5 Å². The molecule has 3 aromatic rings. The van der Waals surface area contributed by atoms with Crippen molar-refractivity contribution in [3.8, 4) is 5.75 Å². The molecule has 0 aliphatic heterocycles. The molecule has 1 aromatic heterocycles. The molecule has 150 valence electrons. The number of aromatic nitrogens is 2. The molecule has 0 spiro atoms. The van der Waals surface area contributed by atoms with E-state index in [2.05, 4.69) is 20.8 Å². The molecule has 0 radical (unpaired) electrons. The van der Waals surface area contributed by atoms with Crippen molar-refractivity contribution in [1.29, 1.82) is 0 Å². The highest BCUT2D eigenvalue weighted by molar-refractivity contribution is 7.13. The molecule has 0 unspecified atom stereocenters. The average Bonchev–Trinajstić information content (AvgIpc) is 3.22. The Kier molecular flexibility index (Phi) is 6.85. The predicted molar refractivity (Wildman–Crippen MR) is 108 cm³/mol. The van der Waals surface area contributed by atoms with Gasteiger partial charge < -0.3 is 15.4 Å². The van der Waals surface area contributed by atoms with Gasteiger partial charge in [-0.25, -0.2) is 4.39 Å². The molecule has 7 nitrogen and oxygen atoms in total. The fraction of sp³-hybridized carbons (Fsp3) is 0.200. The molecule has 0 saturated carbocycles. The van der Waals surface area contributed by atoms with Crippen LogP contribution < -0.4 is 15.4 Å². The molecule has 3 rings (SSSR count). The van der Waals surface area contributed by atoms with E-state index in [0.29, 0.717) is 22.9 Å². The number of anilines is 1. The summed E-state index contributed by atoms with van der Waals surface area (Å²) in [5, 5.41) is 13.6. The third kappa shape index (κ3) is 5.58. The zero-order valence-electron chi connectivity index (χ0n) is 15.6. The normalized spacial score (nSPS) is 10.4. The minimum Gasteiger partial charge on any atom is -0.486 e. The highest BCUT2D eigenvalue weighted by Crippen LogP contribution is 2.18. The van der Waals surface area contributed by atoms with E-state index in [-0.39, 0.29) is 23.2 Å². The standard InChI is InChI=1S/C20H19FN4O3S/c1-2-11-22-18(26)13-7-9-14(10-8-13)28-12-17-24-25-20(29-17)19(27)23-16-6-4-3-5-15(16)21/h3-10H,2,11-12H2,1H3,(H,22,26)(H,23,27). The Balaban J connectivity index is 1.54.